The van der Waals surface area contributed by atoms with Gasteiger partial charge in [0.2, 0.25) is 0 Å². The molecular formula is C13H13Br2N3O2. The minimum absolute atomic E-state index is 0.576. The highest BCUT2D eigenvalue weighted by atomic mass is 79.9. The second-order valence-electron chi connectivity index (χ2n) is 4.49. The van der Waals surface area contributed by atoms with Crippen LogP contribution in [-0.2, 0) is 6.54 Å². The molecule has 0 radical (unpaired) electrons. The molecular weight excluding hydrogens is 390 g/mol. The number of rotatable bonds is 2. The molecule has 1 aromatic heterocycles. The van der Waals surface area contributed by atoms with E-state index in [0.717, 1.165) is 32.4 Å². The van der Waals surface area contributed by atoms with E-state index < -0.39 is 0 Å². The number of nitrogens with two attached hydrogens (primary N) is 1. The van der Waals surface area contributed by atoms with Gasteiger partial charge in [-0.2, -0.15) is 5.10 Å². The van der Waals surface area contributed by atoms with Gasteiger partial charge in [-0.05, 0) is 49.6 Å². The lowest BCUT2D eigenvalue weighted by Crippen LogP contribution is -2.06. The van der Waals surface area contributed by atoms with Crippen LogP contribution in [-0.4, -0.2) is 23.0 Å². The lowest BCUT2D eigenvalue weighted by molar-refractivity contribution is 0.296. The third-order valence-corrected chi connectivity index (χ3v) is 4.23. The largest absolute Gasteiger partial charge is 0.490 e. The summed E-state index contributed by atoms with van der Waals surface area (Å²) in [4.78, 5) is 0. The van der Waals surface area contributed by atoms with Crippen molar-refractivity contribution in [2.75, 3.05) is 18.9 Å². The van der Waals surface area contributed by atoms with Crippen molar-refractivity contribution in [3.8, 4) is 11.5 Å². The van der Waals surface area contributed by atoms with Crippen molar-refractivity contribution in [2.24, 2.45) is 0 Å². The van der Waals surface area contributed by atoms with E-state index in [2.05, 4.69) is 37.0 Å². The van der Waals surface area contributed by atoms with Crippen LogP contribution < -0.4 is 15.2 Å². The van der Waals surface area contributed by atoms with E-state index >= 15 is 0 Å². The third kappa shape index (κ3) is 2.64. The average molecular weight is 403 g/mol. The number of hydrogen-bond acceptors (Lipinski definition) is 4. The molecule has 1 aliphatic heterocycles. The minimum atomic E-state index is 0.576. The third-order valence-electron chi connectivity index (χ3n) is 3.03. The van der Waals surface area contributed by atoms with Gasteiger partial charge in [0, 0.05) is 6.42 Å². The molecule has 0 atom stereocenters. The number of halogens is 2. The number of fused-ring (bicyclic) bond motifs is 1. The van der Waals surface area contributed by atoms with Crippen molar-refractivity contribution in [3.63, 3.8) is 0 Å². The molecule has 0 fully saturated rings. The highest BCUT2D eigenvalue weighted by Crippen LogP contribution is 2.38. The van der Waals surface area contributed by atoms with E-state index in [0.29, 0.717) is 25.6 Å². The Bertz CT molecular complexity index is 643. The molecule has 2 N–H and O–H groups in total. The van der Waals surface area contributed by atoms with Crippen LogP contribution in [0.15, 0.2) is 27.3 Å². The number of nitrogen functional groups attached to an aromatic ring is 1. The lowest BCUT2D eigenvalue weighted by Gasteiger charge is -2.12. The maximum absolute atomic E-state index is 5.94. The first-order valence-corrected chi connectivity index (χ1v) is 7.78. The van der Waals surface area contributed by atoms with Crippen molar-refractivity contribution in [1.29, 1.82) is 0 Å². The standard InChI is InChI=1S/C13H13Br2N3O2/c14-9-4-8(7-18-13(16)10(15)6-17-18)5-11-12(9)20-3-1-2-19-11/h4-6H,1-3,7,16H2. The van der Waals surface area contributed by atoms with Gasteiger partial charge in [0.25, 0.3) is 0 Å². The first-order chi connectivity index (χ1) is 9.65. The summed E-state index contributed by atoms with van der Waals surface area (Å²) in [7, 11) is 0. The van der Waals surface area contributed by atoms with Crippen molar-refractivity contribution in [3.05, 3.63) is 32.8 Å². The number of nitrogens with zero attached hydrogens (tertiary/aromatic N) is 2. The van der Waals surface area contributed by atoms with E-state index in [9.17, 15) is 0 Å². The van der Waals surface area contributed by atoms with Crippen LogP contribution >= 0.6 is 31.9 Å². The number of benzene rings is 1. The monoisotopic (exact) mass is 401 g/mol. The minimum Gasteiger partial charge on any atom is -0.490 e. The van der Waals surface area contributed by atoms with E-state index in [1.54, 1.807) is 10.9 Å². The molecule has 2 heterocycles. The fraction of sp³-hybridized carbons (Fsp3) is 0.308. The zero-order valence-corrected chi connectivity index (χ0v) is 13.8. The molecule has 1 aliphatic rings. The molecule has 7 heteroatoms. The van der Waals surface area contributed by atoms with Crippen LogP contribution in [0.4, 0.5) is 5.82 Å². The van der Waals surface area contributed by atoms with Crippen molar-refractivity contribution >= 4 is 37.7 Å². The second-order valence-corrected chi connectivity index (χ2v) is 6.20. The van der Waals surface area contributed by atoms with Crippen molar-refractivity contribution in [2.45, 2.75) is 13.0 Å². The van der Waals surface area contributed by atoms with E-state index in [1.807, 2.05) is 12.1 Å². The van der Waals surface area contributed by atoms with Gasteiger partial charge in [-0.3, -0.25) is 0 Å². The predicted molar refractivity (Wildman–Crippen MR) is 83.2 cm³/mol. The summed E-state index contributed by atoms with van der Waals surface area (Å²) < 4.78 is 14.8. The van der Waals surface area contributed by atoms with Gasteiger partial charge in [0.15, 0.2) is 11.5 Å². The molecule has 20 heavy (non-hydrogen) atoms. The summed E-state index contributed by atoms with van der Waals surface area (Å²) in [6.07, 6.45) is 2.57. The zero-order valence-electron chi connectivity index (χ0n) is 10.6. The summed E-state index contributed by atoms with van der Waals surface area (Å²) in [5.74, 6) is 2.13. The molecule has 1 aromatic carbocycles. The Morgan fingerprint density at radius 3 is 2.75 bits per heavy atom. The van der Waals surface area contributed by atoms with Crippen LogP contribution in [0.5, 0.6) is 11.5 Å². The summed E-state index contributed by atoms with van der Waals surface area (Å²) in [5.41, 5.74) is 6.98. The first-order valence-electron chi connectivity index (χ1n) is 6.20. The van der Waals surface area contributed by atoms with Gasteiger partial charge in [-0.15, -0.1) is 0 Å². The van der Waals surface area contributed by atoms with Crippen LogP contribution in [0.2, 0.25) is 0 Å². The highest BCUT2D eigenvalue weighted by Gasteiger charge is 2.16. The molecule has 0 saturated carbocycles. The number of aromatic nitrogens is 2. The van der Waals surface area contributed by atoms with E-state index in [-0.39, 0.29) is 0 Å². The molecule has 0 aliphatic carbocycles. The van der Waals surface area contributed by atoms with Crippen molar-refractivity contribution in [1.82, 2.24) is 9.78 Å². The topological polar surface area (TPSA) is 62.3 Å². The van der Waals surface area contributed by atoms with Gasteiger partial charge >= 0.3 is 0 Å². The normalized spacial score (nSPS) is 14.1. The molecule has 0 unspecified atom stereocenters. The zero-order chi connectivity index (χ0) is 14.1. The maximum Gasteiger partial charge on any atom is 0.175 e. The number of ether oxygens (including phenoxy) is 2. The molecule has 106 valence electrons. The van der Waals surface area contributed by atoms with E-state index in [4.69, 9.17) is 15.2 Å². The average Bonchev–Trinajstić information content (AvgIpc) is 2.66. The fourth-order valence-electron chi connectivity index (χ4n) is 2.05. The van der Waals surface area contributed by atoms with Crippen LogP contribution in [0, 0.1) is 0 Å². The first kappa shape index (κ1) is 13.8. The number of hydrogen-bond donors (Lipinski definition) is 1. The Morgan fingerprint density at radius 2 is 2.00 bits per heavy atom. The lowest BCUT2D eigenvalue weighted by atomic mass is 10.2. The molecule has 0 amide bonds. The van der Waals surface area contributed by atoms with Crippen LogP contribution in [0.25, 0.3) is 0 Å². The highest BCUT2D eigenvalue weighted by molar-refractivity contribution is 9.11. The molecule has 3 rings (SSSR count). The summed E-state index contributed by atoms with van der Waals surface area (Å²) in [5, 5.41) is 4.23. The molecule has 5 nitrogen and oxygen atoms in total. The predicted octanol–water partition coefficient (Wildman–Crippen LogP) is 3.20. The van der Waals surface area contributed by atoms with Crippen LogP contribution in [0.3, 0.4) is 0 Å². The Hall–Kier alpha value is -1.21. The SMILES string of the molecule is Nc1c(Br)cnn1Cc1cc(Br)c2c(c1)OCCCO2. The maximum atomic E-state index is 5.94. The summed E-state index contributed by atoms with van der Waals surface area (Å²) in [6.45, 7) is 1.91. The van der Waals surface area contributed by atoms with Gasteiger partial charge in [-0.25, -0.2) is 4.68 Å². The quantitative estimate of drug-likeness (QED) is 0.837. The van der Waals surface area contributed by atoms with Gasteiger partial charge in [-0.1, -0.05) is 0 Å². The smallest absolute Gasteiger partial charge is 0.175 e. The Labute approximate surface area is 133 Å². The molecule has 2 aromatic rings. The Kier molecular flexibility index (Phi) is 3.89. The molecule has 0 spiro atoms. The van der Waals surface area contributed by atoms with Crippen molar-refractivity contribution < 1.29 is 9.47 Å². The Balaban J connectivity index is 1.93. The Morgan fingerprint density at radius 1 is 1.20 bits per heavy atom. The van der Waals surface area contributed by atoms with Gasteiger partial charge < -0.3 is 15.2 Å². The van der Waals surface area contributed by atoms with Gasteiger partial charge in [0.1, 0.15) is 5.82 Å². The summed E-state index contributed by atoms with van der Waals surface area (Å²) in [6, 6.07) is 3.98. The number of anilines is 1. The van der Waals surface area contributed by atoms with Crippen LogP contribution in [0.1, 0.15) is 12.0 Å². The summed E-state index contributed by atoms with van der Waals surface area (Å²) >= 11 is 6.88. The van der Waals surface area contributed by atoms with E-state index in [1.165, 1.54) is 0 Å². The second kappa shape index (κ2) is 5.65. The molecule has 0 bridgehead atoms. The molecule has 0 saturated heterocycles. The fourth-order valence-corrected chi connectivity index (χ4v) is 2.95. The van der Waals surface area contributed by atoms with Gasteiger partial charge in [0.05, 0.1) is 34.9 Å².